The van der Waals surface area contributed by atoms with Crippen LogP contribution in [-0.2, 0) is 17.9 Å². The number of esters is 1. The molecule has 1 aromatic carbocycles. The molecule has 2 aromatic rings. The van der Waals surface area contributed by atoms with Crippen molar-refractivity contribution in [3.63, 3.8) is 0 Å². The maximum absolute atomic E-state index is 11.5. The highest BCUT2D eigenvalue weighted by atomic mass is 16.5. The van der Waals surface area contributed by atoms with Crippen LogP contribution in [0.3, 0.4) is 0 Å². The summed E-state index contributed by atoms with van der Waals surface area (Å²) < 4.78 is 15.5. The first-order valence-corrected chi connectivity index (χ1v) is 6.26. The second-order valence-electron chi connectivity index (χ2n) is 4.19. The SMILES string of the molecule is CNCc1ccccc1OCc1ccoc1C(=O)OC. The molecule has 0 aliphatic heterocycles. The fourth-order valence-corrected chi connectivity index (χ4v) is 1.86. The number of ether oxygens (including phenoxy) is 2. The molecule has 1 heterocycles. The third kappa shape index (κ3) is 3.19. The van der Waals surface area contributed by atoms with E-state index < -0.39 is 5.97 Å². The molecule has 0 amide bonds. The van der Waals surface area contributed by atoms with Crippen molar-refractivity contribution in [2.24, 2.45) is 0 Å². The molecule has 0 atom stereocenters. The Morgan fingerprint density at radius 1 is 1.25 bits per heavy atom. The van der Waals surface area contributed by atoms with Gasteiger partial charge in [0, 0.05) is 17.7 Å². The lowest BCUT2D eigenvalue weighted by molar-refractivity contribution is 0.0561. The van der Waals surface area contributed by atoms with Crippen molar-refractivity contribution in [1.29, 1.82) is 0 Å². The molecule has 2 rings (SSSR count). The number of carbonyl (C=O) groups is 1. The Morgan fingerprint density at radius 2 is 2.05 bits per heavy atom. The Labute approximate surface area is 117 Å². The molecule has 0 fully saturated rings. The summed E-state index contributed by atoms with van der Waals surface area (Å²) in [7, 11) is 3.19. The molecule has 0 aliphatic carbocycles. The van der Waals surface area contributed by atoms with Gasteiger partial charge in [0.25, 0.3) is 0 Å². The van der Waals surface area contributed by atoms with Crippen LogP contribution in [0, 0.1) is 0 Å². The van der Waals surface area contributed by atoms with Gasteiger partial charge in [-0.1, -0.05) is 18.2 Å². The van der Waals surface area contributed by atoms with Gasteiger partial charge in [0.1, 0.15) is 12.4 Å². The van der Waals surface area contributed by atoms with Crippen molar-refractivity contribution in [3.8, 4) is 5.75 Å². The van der Waals surface area contributed by atoms with Crippen LogP contribution >= 0.6 is 0 Å². The Hall–Kier alpha value is -2.27. The summed E-state index contributed by atoms with van der Waals surface area (Å²) in [6, 6.07) is 9.45. The number of para-hydroxylation sites is 1. The molecular weight excluding hydrogens is 258 g/mol. The van der Waals surface area contributed by atoms with E-state index in [0.29, 0.717) is 12.1 Å². The maximum atomic E-state index is 11.5. The lowest BCUT2D eigenvalue weighted by Crippen LogP contribution is -2.09. The van der Waals surface area contributed by atoms with Gasteiger partial charge in [-0.3, -0.25) is 0 Å². The van der Waals surface area contributed by atoms with E-state index in [2.05, 4.69) is 10.1 Å². The molecule has 0 saturated carbocycles. The molecule has 20 heavy (non-hydrogen) atoms. The van der Waals surface area contributed by atoms with Gasteiger partial charge in [0.05, 0.1) is 13.4 Å². The Balaban J connectivity index is 2.09. The average molecular weight is 275 g/mol. The van der Waals surface area contributed by atoms with Crippen LogP contribution in [0.15, 0.2) is 41.0 Å². The van der Waals surface area contributed by atoms with Crippen LogP contribution in [0.1, 0.15) is 21.7 Å². The summed E-state index contributed by atoms with van der Waals surface area (Å²) in [4.78, 5) is 11.5. The molecule has 0 spiro atoms. The molecule has 1 aromatic heterocycles. The summed E-state index contributed by atoms with van der Waals surface area (Å²) in [6.07, 6.45) is 1.45. The Morgan fingerprint density at radius 3 is 2.80 bits per heavy atom. The number of methoxy groups -OCH3 is 1. The van der Waals surface area contributed by atoms with Crippen LogP contribution in [-0.4, -0.2) is 20.1 Å². The molecule has 5 nitrogen and oxygen atoms in total. The minimum Gasteiger partial charge on any atom is -0.488 e. The van der Waals surface area contributed by atoms with Crippen LogP contribution in [0.25, 0.3) is 0 Å². The number of hydrogen-bond donors (Lipinski definition) is 1. The van der Waals surface area contributed by atoms with E-state index in [9.17, 15) is 4.79 Å². The van der Waals surface area contributed by atoms with Crippen molar-refractivity contribution in [2.45, 2.75) is 13.2 Å². The van der Waals surface area contributed by atoms with E-state index >= 15 is 0 Å². The zero-order chi connectivity index (χ0) is 14.4. The third-order valence-corrected chi connectivity index (χ3v) is 2.84. The topological polar surface area (TPSA) is 60.7 Å². The van der Waals surface area contributed by atoms with Crippen LogP contribution in [0.5, 0.6) is 5.75 Å². The molecule has 0 aliphatic rings. The van der Waals surface area contributed by atoms with E-state index in [4.69, 9.17) is 9.15 Å². The molecule has 0 unspecified atom stereocenters. The number of nitrogens with one attached hydrogen (secondary N) is 1. The van der Waals surface area contributed by atoms with Gasteiger partial charge in [-0.25, -0.2) is 4.79 Å². The minimum absolute atomic E-state index is 0.179. The fraction of sp³-hybridized carbons (Fsp3) is 0.267. The van der Waals surface area contributed by atoms with E-state index in [-0.39, 0.29) is 12.4 Å². The second-order valence-corrected chi connectivity index (χ2v) is 4.19. The fourth-order valence-electron chi connectivity index (χ4n) is 1.86. The monoisotopic (exact) mass is 275 g/mol. The average Bonchev–Trinajstić information content (AvgIpc) is 2.94. The zero-order valence-electron chi connectivity index (χ0n) is 11.5. The summed E-state index contributed by atoms with van der Waals surface area (Å²) in [5.41, 5.74) is 1.72. The van der Waals surface area contributed by atoms with Gasteiger partial charge >= 0.3 is 5.97 Å². The van der Waals surface area contributed by atoms with Gasteiger partial charge < -0.3 is 19.2 Å². The van der Waals surface area contributed by atoms with Gasteiger partial charge in [-0.05, 0) is 19.2 Å². The number of hydrogen-bond acceptors (Lipinski definition) is 5. The van der Waals surface area contributed by atoms with Crippen molar-refractivity contribution in [1.82, 2.24) is 5.32 Å². The molecule has 106 valence electrons. The maximum Gasteiger partial charge on any atom is 0.374 e. The Bertz CT molecular complexity index is 577. The van der Waals surface area contributed by atoms with Gasteiger partial charge in [-0.15, -0.1) is 0 Å². The molecule has 0 radical (unpaired) electrons. The predicted octanol–water partition coefficient (Wildman–Crippen LogP) is 2.36. The zero-order valence-corrected chi connectivity index (χ0v) is 11.5. The summed E-state index contributed by atoms with van der Waals surface area (Å²) in [5.74, 6) is 0.453. The quantitative estimate of drug-likeness (QED) is 0.820. The summed E-state index contributed by atoms with van der Waals surface area (Å²) in [5, 5.41) is 3.08. The molecule has 0 saturated heterocycles. The first kappa shape index (κ1) is 14.1. The molecular formula is C15H17NO4. The van der Waals surface area contributed by atoms with Crippen molar-refractivity contribution < 1.29 is 18.7 Å². The lowest BCUT2D eigenvalue weighted by Gasteiger charge is -2.10. The van der Waals surface area contributed by atoms with E-state index in [1.165, 1.54) is 13.4 Å². The largest absolute Gasteiger partial charge is 0.488 e. The van der Waals surface area contributed by atoms with E-state index in [1.54, 1.807) is 6.07 Å². The second kappa shape index (κ2) is 6.77. The van der Waals surface area contributed by atoms with Crippen molar-refractivity contribution in [2.75, 3.05) is 14.2 Å². The standard InChI is InChI=1S/C15H17NO4/c1-16-9-11-5-3-4-6-13(11)20-10-12-7-8-19-14(12)15(17)18-2/h3-8,16H,9-10H2,1-2H3. The van der Waals surface area contributed by atoms with Crippen molar-refractivity contribution >= 4 is 5.97 Å². The predicted molar refractivity (Wildman–Crippen MR) is 73.6 cm³/mol. The highest BCUT2D eigenvalue weighted by molar-refractivity contribution is 5.87. The minimum atomic E-state index is -0.503. The smallest absolute Gasteiger partial charge is 0.374 e. The van der Waals surface area contributed by atoms with Gasteiger partial charge in [0.15, 0.2) is 0 Å². The van der Waals surface area contributed by atoms with Crippen molar-refractivity contribution in [3.05, 3.63) is 53.5 Å². The van der Waals surface area contributed by atoms with Gasteiger partial charge in [0.2, 0.25) is 5.76 Å². The number of carbonyl (C=O) groups excluding carboxylic acids is 1. The molecule has 5 heteroatoms. The summed E-state index contributed by atoms with van der Waals surface area (Å²) >= 11 is 0. The number of benzene rings is 1. The van der Waals surface area contributed by atoms with E-state index in [0.717, 1.165) is 11.3 Å². The molecule has 0 bridgehead atoms. The highest BCUT2D eigenvalue weighted by Gasteiger charge is 2.16. The third-order valence-electron chi connectivity index (χ3n) is 2.84. The normalized spacial score (nSPS) is 10.3. The first-order valence-electron chi connectivity index (χ1n) is 6.26. The van der Waals surface area contributed by atoms with Crippen LogP contribution in [0.2, 0.25) is 0 Å². The highest BCUT2D eigenvalue weighted by Crippen LogP contribution is 2.20. The lowest BCUT2D eigenvalue weighted by atomic mass is 10.2. The van der Waals surface area contributed by atoms with Gasteiger partial charge in [-0.2, -0.15) is 0 Å². The summed E-state index contributed by atoms with van der Waals surface area (Å²) in [6.45, 7) is 0.965. The molecule has 1 N–H and O–H groups in total. The van der Waals surface area contributed by atoms with E-state index in [1.807, 2.05) is 31.3 Å². The Kier molecular flexibility index (Phi) is 4.79. The first-order chi connectivity index (χ1) is 9.76. The van der Waals surface area contributed by atoms with Crippen LogP contribution in [0.4, 0.5) is 0 Å². The number of furan rings is 1. The van der Waals surface area contributed by atoms with Crippen LogP contribution < -0.4 is 10.1 Å². The number of rotatable bonds is 6.